The van der Waals surface area contributed by atoms with Crippen molar-refractivity contribution in [2.24, 2.45) is 5.10 Å². The van der Waals surface area contributed by atoms with Crippen LogP contribution in [0, 0.1) is 0 Å². The minimum Gasteiger partial charge on any atom is -0.395 e. The van der Waals surface area contributed by atoms with Gasteiger partial charge in [-0.15, -0.1) is 0 Å². The fourth-order valence-corrected chi connectivity index (χ4v) is 3.44. The van der Waals surface area contributed by atoms with Gasteiger partial charge in [0.15, 0.2) is 0 Å². The van der Waals surface area contributed by atoms with Crippen LogP contribution in [0.2, 0.25) is 0 Å². The van der Waals surface area contributed by atoms with Crippen LogP contribution < -0.4 is 15.8 Å². The van der Waals surface area contributed by atoms with E-state index in [0.29, 0.717) is 6.54 Å². The van der Waals surface area contributed by atoms with Crippen LogP contribution in [0.5, 0.6) is 0 Å². The van der Waals surface area contributed by atoms with E-state index in [4.69, 9.17) is 5.11 Å². The lowest BCUT2D eigenvalue weighted by molar-refractivity contribution is -0.120. The second kappa shape index (κ2) is 8.47. The third kappa shape index (κ3) is 4.44. The lowest BCUT2D eigenvalue weighted by atomic mass is 10.0. The number of hydrogen-bond donors (Lipinski definition) is 3. The van der Waals surface area contributed by atoms with Crippen molar-refractivity contribution < 1.29 is 14.7 Å². The van der Waals surface area contributed by atoms with Crippen molar-refractivity contribution in [3.8, 4) is 0 Å². The molecule has 3 amide bonds. The van der Waals surface area contributed by atoms with Gasteiger partial charge in [0.05, 0.1) is 24.0 Å². The zero-order chi connectivity index (χ0) is 19.4. The van der Waals surface area contributed by atoms with Crippen molar-refractivity contribution in [3.63, 3.8) is 0 Å². The average molecular weight is 374 g/mol. The molecule has 0 spiro atoms. The molecule has 0 bridgehead atoms. The molecule has 27 heavy (non-hydrogen) atoms. The van der Waals surface area contributed by atoms with Crippen molar-refractivity contribution in [2.45, 2.75) is 19.9 Å². The van der Waals surface area contributed by atoms with Gasteiger partial charge in [-0.3, -0.25) is 9.69 Å². The quantitative estimate of drug-likeness (QED) is 0.672. The van der Waals surface area contributed by atoms with Gasteiger partial charge in [-0.1, -0.05) is 12.1 Å². The standard InChI is InChI=1S/C18H26N6O3/c1-13-17(20-21-18(27)19-13)15-3-5-16(6-4-15)24(14(2)26)23-9-7-22(8-10-23)11-12-25/h3-6,13,25H,7-12H2,1-2H3,(H2,19,21,27). The molecule has 1 unspecified atom stereocenters. The molecule has 3 N–H and O–H groups in total. The smallest absolute Gasteiger partial charge is 0.335 e. The van der Waals surface area contributed by atoms with Gasteiger partial charge >= 0.3 is 6.03 Å². The van der Waals surface area contributed by atoms with Gasteiger partial charge in [0, 0.05) is 45.2 Å². The first-order chi connectivity index (χ1) is 13.0. The third-order valence-electron chi connectivity index (χ3n) is 4.79. The second-order valence-corrected chi connectivity index (χ2v) is 6.70. The van der Waals surface area contributed by atoms with Crippen molar-refractivity contribution in [1.29, 1.82) is 0 Å². The summed E-state index contributed by atoms with van der Waals surface area (Å²) in [7, 11) is 0. The van der Waals surface area contributed by atoms with E-state index < -0.39 is 0 Å². The summed E-state index contributed by atoms with van der Waals surface area (Å²) in [6.45, 7) is 7.30. The average Bonchev–Trinajstić information content (AvgIpc) is 2.64. The number of anilines is 1. The number of carbonyl (C=O) groups is 2. The molecule has 1 saturated heterocycles. The Balaban J connectivity index is 1.74. The van der Waals surface area contributed by atoms with Crippen LogP contribution in [0.3, 0.4) is 0 Å². The zero-order valence-corrected chi connectivity index (χ0v) is 15.7. The zero-order valence-electron chi connectivity index (χ0n) is 15.7. The van der Waals surface area contributed by atoms with E-state index >= 15 is 0 Å². The molecule has 3 rings (SSSR count). The van der Waals surface area contributed by atoms with Crippen molar-refractivity contribution in [2.75, 3.05) is 44.3 Å². The highest BCUT2D eigenvalue weighted by atomic mass is 16.3. The molecule has 0 aromatic heterocycles. The second-order valence-electron chi connectivity index (χ2n) is 6.70. The van der Waals surface area contributed by atoms with Crippen LogP contribution >= 0.6 is 0 Å². The molecule has 1 aromatic rings. The molecule has 9 nitrogen and oxygen atoms in total. The van der Waals surface area contributed by atoms with E-state index in [2.05, 4.69) is 20.7 Å². The summed E-state index contributed by atoms with van der Waals surface area (Å²) < 4.78 is 0. The summed E-state index contributed by atoms with van der Waals surface area (Å²) in [4.78, 5) is 25.8. The molecule has 0 radical (unpaired) electrons. The molecule has 146 valence electrons. The van der Waals surface area contributed by atoms with Crippen molar-refractivity contribution >= 4 is 23.3 Å². The van der Waals surface area contributed by atoms with Crippen LogP contribution in [0.1, 0.15) is 19.4 Å². The molecule has 2 aliphatic heterocycles. The maximum Gasteiger partial charge on any atom is 0.335 e. The monoisotopic (exact) mass is 374 g/mol. The van der Waals surface area contributed by atoms with Gasteiger partial charge in [-0.05, 0) is 19.1 Å². The number of benzene rings is 1. The van der Waals surface area contributed by atoms with E-state index in [-0.39, 0.29) is 24.6 Å². The molecule has 1 aromatic carbocycles. The van der Waals surface area contributed by atoms with Crippen molar-refractivity contribution in [3.05, 3.63) is 29.8 Å². The van der Waals surface area contributed by atoms with E-state index in [0.717, 1.165) is 43.1 Å². The summed E-state index contributed by atoms with van der Waals surface area (Å²) in [5.74, 6) is -0.0457. The maximum atomic E-state index is 12.3. The van der Waals surface area contributed by atoms with Gasteiger partial charge in [-0.2, -0.15) is 5.10 Å². The summed E-state index contributed by atoms with van der Waals surface area (Å²) in [5, 5.41) is 19.7. The normalized spacial score (nSPS) is 21.2. The molecule has 0 aliphatic carbocycles. The molecule has 9 heteroatoms. The van der Waals surface area contributed by atoms with E-state index in [1.165, 1.54) is 0 Å². The summed E-state index contributed by atoms with van der Waals surface area (Å²) >= 11 is 0. The largest absolute Gasteiger partial charge is 0.395 e. The molecule has 2 aliphatic rings. The Bertz CT molecular complexity index is 712. The first-order valence-electron chi connectivity index (χ1n) is 9.13. The minimum absolute atomic E-state index is 0.0457. The summed E-state index contributed by atoms with van der Waals surface area (Å²) in [5.41, 5.74) is 4.85. The molecular formula is C18H26N6O3. The molecule has 1 atom stereocenters. The van der Waals surface area contributed by atoms with Crippen LogP contribution in [-0.2, 0) is 4.79 Å². The number of aliphatic hydroxyl groups is 1. The topological polar surface area (TPSA) is 101 Å². The summed E-state index contributed by atoms with van der Waals surface area (Å²) in [6, 6.07) is 7.09. The molecule has 0 saturated carbocycles. The predicted octanol–water partition coefficient (Wildman–Crippen LogP) is -0.0302. The Morgan fingerprint density at radius 3 is 2.48 bits per heavy atom. The van der Waals surface area contributed by atoms with Crippen LogP contribution in [0.4, 0.5) is 10.5 Å². The third-order valence-corrected chi connectivity index (χ3v) is 4.79. The van der Waals surface area contributed by atoms with Crippen molar-refractivity contribution in [1.82, 2.24) is 20.7 Å². The first kappa shape index (κ1) is 19.3. The molecular weight excluding hydrogens is 348 g/mol. The highest BCUT2D eigenvalue weighted by Crippen LogP contribution is 2.20. The fraction of sp³-hybridized carbons (Fsp3) is 0.500. The number of urea groups is 1. The van der Waals surface area contributed by atoms with Gasteiger partial charge < -0.3 is 10.4 Å². The first-order valence-corrected chi connectivity index (χ1v) is 9.13. The maximum absolute atomic E-state index is 12.3. The number of aliphatic hydroxyl groups excluding tert-OH is 1. The number of amides is 3. The number of hydrazone groups is 1. The van der Waals surface area contributed by atoms with Crippen LogP contribution in [-0.4, -0.2) is 78.0 Å². The highest BCUT2D eigenvalue weighted by molar-refractivity contribution is 6.07. The van der Waals surface area contributed by atoms with E-state index in [9.17, 15) is 9.59 Å². The number of piperazine rings is 1. The minimum atomic E-state index is -0.314. The Labute approximate surface area is 158 Å². The lowest BCUT2D eigenvalue weighted by Gasteiger charge is -2.40. The SMILES string of the molecule is CC(=O)N(c1ccc(C2=NNC(=O)NC2C)cc1)N1CCN(CCO)CC1. The van der Waals surface area contributed by atoms with Gasteiger partial charge in [0.25, 0.3) is 0 Å². The Morgan fingerprint density at radius 1 is 1.26 bits per heavy atom. The van der Waals surface area contributed by atoms with Gasteiger partial charge in [0.1, 0.15) is 0 Å². The number of rotatable bonds is 5. The number of hydrogen-bond acceptors (Lipinski definition) is 6. The number of carbonyl (C=O) groups excluding carboxylic acids is 2. The fourth-order valence-electron chi connectivity index (χ4n) is 3.44. The highest BCUT2D eigenvalue weighted by Gasteiger charge is 2.26. The number of nitrogens with zero attached hydrogens (tertiary/aromatic N) is 4. The molecule has 1 fully saturated rings. The number of nitrogens with one attached hydrogen (secondary N) is 2. The Morgan fingerprint density at radius 2 is 1.93 bits per heavy atom. The van der Waals surface area contributed by atoms with Crippen LogP contribution in [0.25, 0.3) is 0 Å². The Hall–Kier alpha value is -2.49. The number of β-amino-alcohol motifs (C(OH)–C–C–N with tert-alkyl or cyclic N) is 1. The Kier molecular flexibility index (Phi) is 6.04. The van der Waals surface area contributed by atoms with Crippen LogP contribution in [0.15, 0.2) is 29.4 Å². The van der Waals surface area contributed by atoms with Gasteiger partial charge in [0.2, 0.25) is 5.91 Å². The summed E-state index contributed by atoms with van der Waals surface area (Å²) in [6.07, 6.45) is 0. The van der Waals surface area contributed by atoms with E-state index in [1.807, 2.05) is 36.2 Å². The lowest BCUT2D eigenvalue weighted by Crippen LogP contribution is -2.55. The van der Waals surface area contributed by atoms with Gasteiger partial charge in [-0.25, -0.2) is 20.2 Å². The molecule has 2 heterocycles. The van der Waals surface area contributed by atoms with E-state index in [1.54, 1.807) is 11.9 Å². The number of hydrazine groups is 1. The predicted molar refractivity (Wildman–Crippen MR) is 102 cm³/mol.